The molecule has 0 aliphatic heterocycles. The van der Waals surface area contributed by atoms with Gasteiger partial charge < -0.3 is 0 Å². The van der Waals surface area contributed by atoms with E-state index in [1.54, 1.807) is 12.1 Å². The molecule has 1 aromatic rings. The molecule has 16 heavy (non-hydrogen) atoms. The maximum absolute atomic E-state index is 11.0. The topological polar surface area (TPSA) is 81.7 Å². The molecule has 0 N–H and O–H groups in total. The fraction of sp³-hybridized carbons (Fsp3) is 0. The molecule has 0 bridgehead atoms. The molecule has 0 amide bonds. The van der Waals surface area contributed by atoms with E-state index in [2.05, 4.69) is 0 Å². The molecule has 0 aliphatic carbocycles. The van der Waals surface area contributed by atoms with Gasteiger partial charge in [0.05, 0.1) is 34.4 Å². The third-order valence-electron chi connectivity index (χ3n) is 1.82. The molecule has 0 unspecified atom stereocenters. The summed E-state index contributed by atoms with van der Waals surface area (Å²) in [4.78, 5) is 21.9. The minimum Gasteiger partial charge on any atom is -0.276 e. The second kappa shape index (κ2) is 4.76. The number of nitrogens with zero attached hydrogens (tertiary/aromatic N) is 2. The number of nitriles is 2. The molecule has 0 fully saturated rings. The minimum absolute atomic E-state index is 0.0944. The fourth-order valence-corrected chi connectivity index (χ4v) is 1.42. The second-order valence-corrected chi connectivity index (χ2v) is 3.40. The Bertz CT molecular complexity index is 516. The Kier molecular flexibility index (Phi) is 3.63. The van der Waals surface area contributed by atoms with Crippen molar-refractivity contribution in [1.29, 1.82) is 10.5 Å². The molecule has 0 aromatic heterocycles. The van der Waals surface area contributed by atoms with E-state index in [4.69, 9.17) is 33.7 Å². The molecule has 6 heteroatoms. The first kappa shape index (κ1) is 12.2. The average Bonchev–Trinajstić information content (AvgIpc) is 2.26. The summed E-state index contributed by atoms with van der Waals surface area (Å²) < 4.78 is 0. The highest BCUT2D eigenvalue weighted by Gasteiger charge is 2.17. The average molecular weight is 253 g/mol. The molecule has 0 heterocycles. The van der Waals surface area contributed by atoms with Gasteiger partial charge in [-0.1, -0.05) is 0 Å². The van der Waals surface area contributed by atoms with Gasteiger partial charge >= 0.3 is 0 Å². The maximum Gasteiger partial charge on any atom is 0.253 e. The van der Waals surface area contributed by atoms with Crippen molar-refractivity contribution in [1.82, 2.24) is 0 Å². The predicted molar refractivity (Wildman–Crippen MR) is 56.2 cm³/mol. The number of hydrogen-bond acceptors (Lipinski definition) is 4. The van der Waals surface area contributed by atoms with Gasteiger partial charge in [0, 0.05) is 0 Å². The van der Waals surface area contributed by atoms with Crippen molar-refractivity contribution in [3.05, 3.63) is 34.4 Å². The molecular weight excluding hydrogens is 251 g/mol. The van der Waals surface area contributed by atoms with Crippen LogP contribution >= 0.6 is 23.2 Å². The van der Waals surface area contributed by atoms with E-state index in [0.29, 0.717) is 0 Å². The van der Waals surface area contributed by atoms with Gasteiger partial charge in [0.2, 0.25) is 0 Å². The third-order valence-corrected chi connectivity index (χ3v) is 2.23. The zero-order valence-corrected chi connectivity index (χ0v) is 9.13. The van der Waals surface area contributed by atoms with E-state index in [-0.39, 0.29) is 22.3 Å². The molecule has 4 nitrogen and oxygen atoms in total. The maximum atomic E-state index is 11.0. The summed E-state index contributed by atoms with van der Waals surface area (Å²) in [5.74, 6) is 0. The van der Waals surface area contributed by atoms with Crippen molar-refractivity contribution >= 4 is 33.7 Å². The Balaban J connectivity index is 3.62. The van der Waals surface area contributed by atoms with E-state index in [1.165, 1.54) is 0 Å². The summed E-state index contributed by atoms with van der Waals surface area (Å²) >= 11 is 10.5. The van der Waals surface area contributed by atoms with E-state index in [0.717, 1.165) is 12.1 Å². The largest absolute Gasteiger partial charge is 0.276 e. The number of benzene rings is 1. The molecule has 0 saturated carbocycles. The van der Waals surface area contributed by atoms with Crippen molar-refractivity contribution in [3.63, 3.8) is 0 Å². The van der Waals surface area contributed by atoms with Crippen LogP contribution in [0.1, 0.15) is 31.8 Å². The molecule has 0 atom stereocenters. The standard InChI is InChI=1S/C10H2Cl2N2O2/c11-9(15)7-1-5(3-13)8(10(12)16)2-6(7)4-14/h1-2H. The lowest BCUT2D eigenvalue weighted by molar-refractivity contribution is 0.107. The lowest BCUT2D eigenvalue weighted by Gasteiger charge is -2.02. The van der Waals surface area contributed by atoms with E-state index in [9.17, 15) is 9.59 Å². The summed E-state index contributed by atoms with van der Waals surface area (Å²) in [6.07, 6.45) is 0. The van der Waals surface area contributed by atoms with Crippen LogP contribution in [0.3, 0.4) is 0 Å². The van der Waals surface area contributed by atoms with E-state index < -0.39 is 10.5 Å². The quantitative estimate of drug-likeness (QED) is 0.756. The molecule has 0 radical (unpaired) electrons. The van der Waals surface area contributed by atoms with Crippen LogP contribution < -0.4 is 0 Å². The normalized spacial score (nSPS) is 9.00. The highest BCUT2D eigenvalue weighted by Crippen LogP contribution is 2.19. The Morgan fingerprint density at radius 3 is 1.44 bits per heavy atom. The van der Waals surface area contributed by atoms with Crippen LogP contribution in [-0.2, 0) is 0 Å². The lowest BCUT2D eigenvalue weighted by Crippen LogP contribution is -2.02. The summed E-state index contributed by atoms with van der Waals surface area (Å²) in [7, 11) is 0. The first-order valence-electron chi connectivity index (χ1n) is 3.89. The van der Waals surface area contributed by atoms with Crippen molar-refractivity contribution in [2.24, 2.45) is 0 Å². The first-order chi connectivity index (χ1) is 7.51. The van der Waals surface area contributed by atoms with Crippen LogP contribution in [0, 0.1) is 22.7 Å². The smallest absolute Gasteiger partial charge is 0.253 e. The Morgan fingerprint density at radius 2 is 1.25 bits per heavy atom. The molecule has 78 valence electrons. The zero-order chi connectivity index (χ0) is 12.3. The molecule has 0 saturated heterocycles. The van der Waals surface area contributed by atoms with Crippen LogP contribution in [0.15, 0.2) is 12.1 Å². The second-order valence-electron chi connectivity index (χ2n) is 2.71. The fourth-order valence-electron chi connectivity index (χ4n) is 1.11. The van der Waals surface area contributed by atoms with Crippen LogP contribution in [0.25, 0.3) is 0 Å². The number of carbonyl (C=O) groups excluding carboxylic acids is 2. The van der Waals surface area contributed by atoms with E-state index in [1.807, 2.05) is 0 Å². The number of halogens is 2. The number of rotatable bonds is 2. The van der Waals surface area contributed by atoms with Crippen LogP contribution in [0.4, 0.5) is 0 Å². The lowest BCUT2D eigenvalue weighted by atomic mass is 10.0. The van der Waals surface area contributed by atoms with Crippen molar-refractivity contribution in [2.45, 2.75) is 0 Å². The predicted octanol–water partition coefficient (Wildman–Crippen LogP) is 2.19. The van der Waals surface area contributed by atoms with E-state index >= 15 is 0 Å². The van der Waals surface area contributed by atoms with Crippen molar-refractivity contribution in [3.8, 4) is 12.1 Å². The zero-order valence-electron chi connectivity index (χ0n) is 7.62. The Labute approximate surface area is 101 Å². The molecule has 0 aliphatic rings. The van der Waals surface area contributed by atoms with Crippen LogP contribution in [-0.4, -0.2) is 10.5 Å². The summed E-state index contributed by atoms with van der Waals surface area (Å²) in [6.45, 7) is 0. The molecule has 1 aromatic carbocycles. The van der Waals surface area contributed by atoms with Gasteiger partial charge in [-0.05, 0) is 35.3 Å². The minimum atomic E-state index is -0.873. The van der Waals surface area contributed by atoms with Gasteiger partial charge in [0.1, 0.15) is 0 Å². The van der Waals surface area contributed by atoms with Crippen molar-refractivity contribution in [2.75, 3.05) is 0 Å². The number of carbonyl (C=O) groups is 2. The highest BCUT2D eigenvalue weighted by atomic mass is 35.5. The number of hydrogen-bond donors (Lipinski definition) is 0. The van der Waals surface area contributed by atoms with Gasteiger partial charge in [-0.15, -0.1) is 0 Å². The summed E-state index contributed by atoms with van der Waals surface area (Å²) in [5, 5.41) is 15.7. The van der Waals surface area contributed by atoms with Crippen LogP contribution in [0.5, 0.6) is 0 Å². The Hall–Kier alpha value is -1.88. The van der Waals surface area contributed by atoms with Gasteiger partial charge in [-0.2, -0.15) is 10.5 Å². The van der Waals surface area contributed by atoms with Crippen LogP contribution in [0.2, 0.25) is 0 Å². The molecular formula is C10H2Cl2N2O2. The monoisotopic (exact) mass is 252 g/mol. The highest BCUT2D eigenvalue weighted by molar-refractivity contribution is 6.69. The van der Waals surface area contributed by atoms with Gasteiger partial charge in [-0.3, -0.25) is 9.59 Å². The van der Waals surface area contributed by atoms with Crippen molar-refractivity contribution < 1.29 is 9.59 Å². The summed E-state index contributed by atoms with van der Waals surface area (Å²) in [6, 6.07) is 5.54. The Morgan fingerprint density at radius 1 is 0.938 bits per heavy atom. The first-order valence-corrected chi connectivity index (χ1v) is 4.64. The molecule has 0 spiro atoms. The molecule has 1 rings (SSSR count). The third kappa shape index (κ3) is 2.20. The van der Waals surface area contributed by atoms with Gasteiger partial charge in [0.15, 0.2) is 0 Å². The summed E-state index contributed by atoms with van der Waals surface area (Å²) in [5.41, 5.74) is -0.434. The van der Waals surface area contributed by atoms with Gasteiger partial charge in [0.25, 0.3) is 10.5 Å². The SMILES string of the molecule is N#Cc1cc(C(=O)Cl)c(C#N)cc1C(=O)Cl. The van der Waals surface area contributed by atoms with Gasteiger partial charge in [-0.25, -0.2) is 0 Å².